The second kappa shape index (κ2) is 9.72. The van der Waals surface area contributed by atoms with Gasteiger partial charge >= 0.3 is 12.2 Å². The summed E-state index contributed by atoms with van der Waals surface area (Å²) in [5.74, 6) is -5.03. The fourth-order valence-corrected chi connectivity index (χ4v) is 2.83. The number of amides is 3. The zero-order valence-electron chi connectivity index (χ0n) is 16.5. The number of carbonyl (C=O) groups excluding carboxylic acids is 2. The molecule has 1 aromatic heterocycles. The highest BCUT2D eigenvalue weighted by molar-refractivity contribution is 6.31. The lowest BCUT2D eigenvalue weighted by Gasteiger charge is -2.16. The molecular weight excluding hydrogens is 487 g/mol. The average Bonchev–Trinajstić information content (AvgIpc) is 2.75. The number of nitriles is 1. The fraction of sp³-hybridized carbons (Fsp3) is 0.0476. The number of ether oxygens (including phenoxy) is 1. The topological polar surface area (TPSA) is 104 Å². The largest absolute Gasteiger partial charge is 0.437 e. The zero-order chi connectivity index (χ0) is 25.0. The number of imide groups is 1. The van der Waals surface area contributed by atoms with Crippen molar-refractivity contribution in [2.24, 2.45) is 0 Å². The summed E-state index contributed by atoms with van der Waals surface area (Å²) in [6.07, 6.45) is -3.90. The van der Waals surface area contributed by atoms with E-state index < -0.39 is 58.2 Å². The second-order valence-electron chi connectivity index (χ2n) is 6.44. The van der Waals surface area contributed by atoms with Crippen molar-refractivity contribution in [1.29, 1.82) is 5.26 Å². The van der Waals surface area contributed by atoms with Crippen LogP contribution < -0.4 is 15.4 Å². The number of hydrogen-bond donors (Lipinski definition) is 2. The summed E-state index contributed by atoms with van der Waals surface area (Å²) in [5.41, 5.74) is -2.73. The van der Waals surface area contributed by atoms with Gasteiger partial charge in [-0.3, -0.25) is 10.1 Å². The summed E-state index contributed by atoms with van der Waals surface area (Å²) in [6.45, 7) is 0. The van der Waals surface area contributed by atoms with Gasteiger partial charge in [-0.2, -0.15) is 18.4 Å². The van der Waals surface area contributed by atoms with Crippen LogP contribution in [0.3, 0.4) is 0 Å². The zero-order valence-corrected chi connectivity index (χ0v) is 17.3. The van der Waals surface area contributed by atoms with Crippen LogP contribution in [0.4, 0.5) is 32.4 Å². The number of halogens is 6. The molecule has 7 nitrogen and oxygen atoms in total. The Labute approximate surface area is 192 Å². The smallest absolute Gasteiger partial charge is 0.420 e. The molecule has 34 heavy (non-hydrogen) atoms. The predicted octanol–water partition coefficient (Wildman–Crippen LogP) is 5.66. The number of carbonyl (C=O) groups is 2. The third-order valence-electron chi connectivity index (χ3n) is 4.10. The maximum Gasteiger partial charge on any atom is 0.420 e. The molecule has 0 atom stereocenters. The molecule has 0 aliphatic carbocycles. The van der Waals surface area contributed by atoms with Gasteiger partial charge < -0.3 is 10.1 Å². The highest BCUT2D eigenvalue weighted by atomic mass is 35.5. The Hall–Kier alpha value is -4.24. The molecule has 3 aromatic rings. The van der Waals surface area contributed by atoms with Gasteiger partial charge in [0, 0.05) is 11.9 Å². The maximum absolute atomic E-state index is 13.7. The number of nitrogens with zero attached hydrogens (tertiary/aromatic N) is 2. The molecule has 3 amide bonds. The molecule has 0 saturated carbocycles. The number of anilines is 1. The third kappa shape index (κ3) is 5.57. The molecule has 0 fully saturated rings. The van der Waals surface area contributed by atoms with E-state index in [1.54, 1.807) is 11.4 Å². The van der Waals surface area contributed by atoms with Crippen LogP contribution in [0.1, 0.15) is 21.5 Å². The van der Waals surface area contributed by atoms with E-state index in [-0.39, 0.29) is 10.6 Å². The molecule has 0 aliphatic heterocycles. The molecule has 0 bridgehead atoms. The van der Waals surface area contributed by atoms with E-state index in [9.17, 15) is 31.5 Å². The molecule has 0 aliphatic rings. The van der Waals surface area contributed by atoms with Crippen molar-refractivity contribution in [3.05, 3.63) is 82.0 Å². The summed E-state index contributed by atoms with van der Waals surface area (Å²) >= 11 is 5.88. The van der Waals surface area contributed by atoms with Crippen molar-refractivity contribution in [3.8, 4) is 17.7 Å². The number of rotatable bonds is 4. The predicted molar refractivity (Wildman–Crippen MR) is 108 cm³/mol. The standard InChI is InChI=1S/C21H10ClF5N4O3/c22-13-6-10(8-28)9-29-19(13)34-16-5-4-11(7-12(16)21(25,26)27)30-20(33)31-18(32)17-14(23)2-1-3-15(17)24/h1-7,9H,(H2,30,31,32,33). The molecule has 2 aromatic carbocycles. The van der Waals surface area contributed by atoms with Gasteiger partial charge in [0.15, 0.2) is 0 Å². The van der Waals surface area contributed by atoms with Gasteiger partial charge in [0.1, 0.15) is 39.6 Å². The summed E-state index contributed by atoms with van der Waals surface area (Å²) < 4.78 is 73.1. The van der Waals surface area contributed by atoms with Crippen LogP contribution in [0.15, 0.2) is 48.7 Å². The van der Waals surface area contributed by atoms with Gasteiger partial charge in [-0.15, -0.1) is 0 Å². The monoisotopic (exact) mass is 496 g/mol. The Bertz CT molecular complexity index is 1300. The van der Waals surface area contributed by atoms with E-state index in [2.05, 4.69) is 4.98 Å². The quantitative estimate of drug-likeness (QED) is 0.454. The van der Waals surface area contributed by atoms with Gasteiger partial charge in [-0.1, -0.05) is 17.7 Å². The van der Waals surface area contributed by atoms with Crippen molar-refractivity contribution in [3.63, 3.8) is 0 Å². The molecule has 2 N–H and O–H groups in total. The Morgan fingerprint density at radius 2 is 1.76 bits per heavy atom. The van der Waals surface area contributed by atoms with Crippen LogP contribution in [-0.2, 0) is 6.18 Å². The van der Waals surface area contributed by atoms with Crippen molar-refractivity contribution in [2.45, 2.75) is 6.18 Å². The van der Waals surface area contributed by atoms with Crippen LogP contribution in [-0.4, -0.2) is 16.9 Å². The van der Waals surface area contributed by atoms with Crippen molar-refractivity contribution in [1.82, 2.24) is 10.3 Å². The minimum atomic E-state index is -4.95. The lowest BCUT2D eigenvalue weighted by atomic mass is 10.1. The second-order valence-corrected chi connectivity index (χ2v) is 6.85. The first-order chi connectivity index (χ1) is 16.0. The van der Waals surface area contributed by atoms with Crippen LogP contribution in [0.2, 0.25) is 5.02 Å². The van der Waals surface area contributed by atoms with Gasteiger partial charge in [0.2, 0.25) is 5.88 Å². The molecule has 0 radical (unpaired) electrons. The van der Waals surface area contributed by atoms with Gasteiger partial charge in [0.25, 0.3) is 5.91 Å². The SMILES string of the molecule is N#Cc1cnc(Oc2ccc(NC(=O)NC(=O)c3c(F)cccc3F)cc2C(F)(F)F)c(Cl)c1. The number of urea groups is 1. The van der Waals surface area contributed by atoms with Crippen LogP contribution >= 0.6 is 11.6 Å². The number of aromatic nitrogens is 1. The fourth-order valence-electron chi connectivity index (χ4n) is 2.63. The number of nitrogens with one attached hydrogen (secondary N) is 2. The molecule has 0 spiro atoms. The highest BCUT2D eigenvalue weighted by Gasteiger charge is 2.35. The first kappa shape index (κ1) is 24.4. The van der Waals surface area contributed by atoms with E-state index >= 15 is 0 Å². The number of pyridine rings is 1. The Balaban J connectivity index is 1.82. The molecule has 174 valence electrons. The van der Waals surface area contributed by atoms with Crippen LogP contribution in [0, 0.1) is 23.0 Å². The van der Waals surface area contributed by atoms with Gasteiger partial charge in [-0.05, 0) is 36.4 Å². The van der Waals surface area contributed by atoms with Gasteiger partial charge in [0.05, 0.1) is 5.56 Å². The first-order valence-electron chi connectivity index (χ1n) is 9.00. The highest BCUT2D eigenvalue weighted by Crippen LogP contribution is 2.40. The van der Waals surface area contributed by atoms with E-state index in [4.69, 9.17) is 21.6 Å². The molecule has 3 rings (SSSR count). The van der Waals surface area contributed by atoms with E-state index in [0.717, 1.165) is 42.6 Å². The normalized spacial score (nSPS) is 10.9. The summed E-state index contributed by atoms with van der Waals surface area (Å²) in [5, 5.41) is 12.2. The Morgan fingerprint density at radius 1 is 1.09 bits per heavy atom. The van der Waals surface area contributed by atoms with Crippen LogP contribution in [0.5, 0.6) is 11.6 Å². The molecular formula is C21H10ClF5N4O3. The van der Waals surface area contributed by atoms with E-state index in [1.165, 1.54) is 0 Å². The van der Waals surface area contributed by atoms with E-state index in [1.807, 2.05) is 5.32 Å². The molecule has 0 saturated heterocycles. The summed E-state index contributed by atoms with van der Waals surface area (Å²) in [7, 11) is 0. The maximum atomic E-state index is 13.7. The summed E-state index contributed by atoms with van der Waals surface area (Å²) in [6, 6.07) is 6.51. The molecule has 0 unspecified atom stereocenters. The third-order valence-corrected chi connectivity index (χ3v) is 4.37. The number of alkyl halides is 3. The minimum Gasteiger partial charge on any atom is -0.437 e. The lowest BCUT2D eigenvalue weighted by Crippen LogP contribution is -2.35. The minimum absolute atomic E-state index is 0.0590. The molecule has 1 heterocycles. The van der Waals surface area contributed by atoms with Crippen molar-refractivity contribution in [2.75, 3.05) is 5.32 Å². The van der Waals surface area contributed by atoms with E-state index in [0.29, 0.717) is 6.07 Å². The van der Waals surface area contributed by atoms with Gasteiger partial charge in [-0.25, -0.2) is 18.6 Å². The average molecular weight is 497 g/mol. The number of hydrogen-bond acceptors (Lipinski definition) is 5. The summed E-state index contributed by atoms with van der Waals surface area (Å²) in [4.78, 5) is 27.7. The lowest BCUT2D eigenvalue weighted by molar-refractivity contribution is -0.138. The van der Waals surface area contributed by atoms with Crippen LogP contribution in [0.25, 0.3) is 0 Å². The first-order valence-corrected chi connectivity index (χ1v) is 9.38. The van der Waals surface area contributed by atoms with Crippen molar-refractivity contribution < 1.29 is 36.3 Å². The van der Waals surface area contributed by atoms with Crippen molar-refractivity contribution >= 4 is 29.2 Å². The Morgan fingerprint density at radius 3 is 2.35 bits per heavy atom. The number of benzene rings is 2. The Kier molecular flexibility index (Phi) is 6.97. The molecule has 13 heteroatoms.